The second-order valence-electron chi connectivity index (χ2n) is 5.38. The lowest BCUT2D eigenvalue weighted by atomic mass is 9.79. The molecule has 0 heterocycles. The minimum absolute atomic E-state index is 0.0893. The van der Waals surface area contributed by atoms with Gasteiger partial charge in [0.25, 0.3) is 0 Å². The second kappa shape index (κ2) is 6.43. The number of rotatable bonds is 4. The normalized spacial score (nSPS) is 22.3. The number of phenols is 2. The van der Waals surface area contributed by atoms with Crippen molar-refractivity contribution in [1.29, 1.82) is 0 Å². The van der Waals surface area contributed by atoms with E-state index in [4.69, 9.17) is 5.11 Å². The molecule has 2 unspecified atom stereocenters. The Morgan fingerprint density at radius 3 is 2.48 bits per heavy atom. The second-order valence-corrected chi connectivity index (χ2v) is 5.38. The average molecular weight is 290 g/mol. The predicted molar refractivity (Wildman–Crippen MR) is 76.9 cm³/mol. The highest BCUT2D eigenvalue weighted by molar-refractivity contribution is 5.95. The smallest absolute Gasteiger partial charge is 0.306 e. The van der Waals surface area contributed by atoms with E-state index < -0.39 is 11.9 Å². The lowest BCUT2D eigenvalue weighted by molar-refractivity contribution is -0.143. The Morgan fingerprint density at radius 2 is 1.81 bits per heavy atom. The van der Waals surface area contributed by atoms with Crippen LogP contribution in [0.5, 0.6) is 11.5 Å². The summed E-state index contributed by atoms with van der Waals surface area (Å²) in [5.74, 6) is -2.06. The highest BCUT2D eigenvalue weighted by Crippen LogP contribution is 2.30. The first kappa shape index (κ1) is 15.1. The van der Waals surface area contributed by atoms with Gasteiger partial charge in [-0.05, 0) is 43.0 Å². The van der Waals surface area contributed by atoms with Crippen LogP contribution in [0, 0.1) is 11.8 Å². The summed E-state index contributed by atoms with van der Waals surface area (Å²) < 4.78 is 0. The molecule has 112 valence electrons. The summed E-state index contributed by atoms with van der Waals surface area (Å²) in [5.41, 5.74) is 0.601. The van der Waals surface area contributed by atoms with E-state index in [1.165, 1.54) is 18.2 Å². The molecule has 1 fully saturated rings. The molecule has 0 bridgehead atoms. The summed E-state index contributed by atoms with van der Waals surface area (Å²) in [6.45, 7) is 0. The van der Waals surface area contributed by atoms with Gasteiger partial charge in [-0.1, -0.05) is 18.6 Å². The molecule has 0 spiro atoms. The fraction of sp³-hybridized carbons (Fsp3) is 0.375. The van der Waals surface area contributed by atoms with Crippen LogP contribution >= 0.6 is 0 Å². The first-order valence-electron chi connectivity index (χ1n) is 6.94. The summed E-state index contributed by atoms with van der Waals surface area (Å²) in [4.78, 5) is 23.1. The standard InChI is InChI=1S/C16H18O5/c17-13(11-2-1-3-12(9-11)16(20)21)6-4-10-5-7-14(18)15(19)8-10/h4-8,11-12,18-19H,1-3,9H2,(H,20,21). The predicted octanol–water partition coefficient (Wildman–Crippen LogP) is 2.57. The van der Waals surface area contributed by atoms with E-state index in [1.807, 2.05) is 0 Å². The molecule has 5 nitrogen and oxygen atoms in total. The summed E-state index contributed by atoms with van der Waals surface area (Å²) >= 11 is 0. The van der Waals surface area contributed by atoms with Crippen LogP contribution in [0.3, 0.4) is 0 Å². The molecular weight excluding hydrogens is 272 g/mol. The Hall–Kier alpha value is -2.30. The van der Waals surface area contributed by atoms with Crippen molar-refractivity contribution in [3.8, 4) is 11.5 Å². The highest BCUT2D eigenvalue weighted by atomic mass is 16.4. The largest absolute Gasteiger partial charge is 0.504 e. The quantitative estimate of drug-likeness (QED) is 0.585. The number of hydrogen-bond acceptors (Lipinski definition) is 4. The van der Waals surface area contributed by atoms with Crippen LogP contribution in [0.25, 0.3) is 6.08 Å². The molecule has 0 aliphatic heterocycles. The van der Waals surface area contributed by atoms with E-state index in [-0.39, 0.29) is 23.2 Å². The van der Waals surface area contributed by atoms with Gasteiger partial charge in [-0.25, -0.2) is 0 Å². The molecule has 3 N–H and O–H groups in total. The van der Waals surface area contributed by atoms with Crippen LogP contribution in [-0.4, -0.2) is 27.1 Å². The number of aliphatic carboxylic acids is 1. The molecule has 2 atom stereocenters. The third kappa shape index (κ3) is 3.84. The number of benzene rings is 1. The molecule has 1 aromatic carbocycles. The average Bonchev–Trinajstić information content (AvgIpc) is 2.48. The van der Waals surface area contributed by atoms with Crippen molar-refractivity contribution in [2.75, 3.05) is 0 Å². The maximum Gasteiger partial charge on any atom is 0.306 e. The molecule has 1 aromatic rings. The first-order valence-corrected chi connectivity index (χ1v) is 6.94. The van der Waals surface area contributed by atoms with Gasteiger partial charge in [0.2, 0.25) is 0 Å². The van der Waals surface area contributed by atoms with Crippen molar-refractivity contribution < 1.29 is 24.9 Å². The molecule has 21 heavy (non-hydrogen) atoms. The molecule has 5 heteroatoms. The zero-order valence-corrected chi connectivity index (χ0v) is 11.5. The van der Waals surface area contributed by atoms with Crippen molar-refractivity contribution in [3.05, 3.63) is 29.8 Å². The number of ketones is 1. The van der Waals surface area contributed by atoms with E-state index in [0.29, 0.717) is 24.8 Å². The van der Waals surface area contributed by atoms with Crippen molar-refractivity contribution in [2.45, 2.75) is 25.7 Å². The van der Waals surface area contributed by atoms with Crippen LogP contribution in [0.2, 0.25) is 0 Å². The number of phenolic OH excluding ortho intramolecular Hbond substituents is 2. The first-order chi connectivity index (χ1) is 9.97. The number of carbonyl (C=O) groups is 2. The van der Waals surface area contributed by atoms with Crippen molar-refractivity contribution in [2.24, 2.45) is 11.8 Å². The number of carboxylic acids is 1. The van der Waals surface area contributed by atoms with E-state index in [1.54, 1.807) is 12.1 Å². The van der Waals surface area contributed by atoms with E-state index >= 15 is 0 Å². The minimum Gasteiger partial charge on any atom is -0.504 e. The van der Waals surface area contributed by atoms with Crippen molar-refractivity contribution in [3.63, 3.8) is 0 Å². The van der Waals surface area contributed by atoms with Crippen LogP contribution in [0.4, 0.5) is 0 Å². The minimum atomic E-state index is -0.833. The van der Waals surface area contributed by atoms with Crippen LogP contribution in [-0.2, 0) is 9.59 Å². The number of carboxylic acid groups (broad SMARTS) is 1. The highest BCUT2D eigenvalue weighted by Gasteiger charge is 2.29. The van der Waals surface area contributed by atoms with Gasteiger partial charge in [-0.15, -0.1) is 0 Å². The van der Waals surface area contributed by atoms with E-state index in [0.717, 1.165) is 6.42 Å². The molecule has 0 radical (unpaired) electrons. The van der Waals surface area contributed by atoms with Gasteiger partial charge in [0.1, 0.15) is 0 Å². The molecule has 1 aliphatic carbocycles. The summed E-state index contributed by atoms with van der Waals surface area (Å²) in [6, 6.07) is 4.29. The summed E-state index contributed by atoms with van der Waals surface area (Å²) in [6.07, 6.45) is 5.47. The fourth-order valence-electron chi connectivity index (χ4n) is 2.63. The van der Waals surface area contributed by atoms with Gasteiger partial charge in [0.05, 0.1) is 5.92 Å². The summed E-state index contributed by atoms with van der Waals surface area (Å²) in [5, 5.41) is 27.6. The van der Waals surface area contributed by atoms with Gasteiger partial charge in [0, 0.05) is 5.92 Å². The van der Waals surface area contributed by atoms with Crippen LogP contribution < -0.4 is 0 Å². The molecule has 0 saturated heterocycles. The van der Waals surface area contributed by atoms with Gasteiger partial charge in [-0.3, -0.25) is 9.59 Å². The maximum atomic E-state index is 12.1. The fourth-order valence-corrected chi connectivity index (χ4v) is 2.63. The number of carbonyl (C=O) groups excluding carboxylic acids is 1. The zero-order chi connectivity index (χ0) is 15.4. The summed E-state index contributed by atoms with van der Waals surface area (Å²) in [7, 11) is 0. The third-order valence-electron chi connectivity index (χ3n) is 3.87. The lowest BCUT2D eigenvalue weighted by Crippen LogP contribution is -2.26. The van der Waals surface area contributed by atoms with Crippen molar-refractivity contribution >= 4 is 17.8 Å². The van der Waals surface area contributed by atoms with Gasteiger partial charge in [0.15, 0.2) is 17.3 Å². The number of hydrogen-bond donors (Lipinski definition) is 3. The SMILES string of the molecule is O=C(O)C1CCCC(C(=O)C=Cc2ccc(O)c(O)c2)C1. The number of allylic oxidation sites excluding steroid dienone is 1. The molecule has 0 amide bonds. The van der Waals surface area contributed by atoms with E-state index in [9.17, 15) is 19.8 Å². The third-order valence-corrected chi connectivity index (χ3v) is 3.87. The Kier molecular flexibility index (Phi) is 4.62. The Morgan fingerprint density at radius 1 is 1.10 bits per heavy atom. The Balaban J connectivity index is 2.01. The molecule has 0 aromatic heterocycles. The molecule has 1 aliphatic rings. The van der Waals surface area contributed by atoms with E-state index in [2.05, 4.69) is 0 Å². The molecular formula is C16H18O5. The zero-order valence-electron chi connectivity index (χ0n) is 11.5. The molecule has 2 rings (SSSR count). The molecule has 1 saturated carbocycles. The van der Waals surface area contributed by atoms with Gasteiger partial charge in [-0.2, -0.15) is 0 Å². The van der Waals surface area contributed by atoms with Gasteiger partial charge >= 0.3 is 5.97 Å². The lowest BCUT2D eigenvalue weighted by Gasteiger charge is -2.24. The van der Waals surface area contributed by atoms with Crippen molar-refractivity contribution in [1.82, 2.24) is 0 Å². The van der Waals surface area contributed by atoms with Crippen LogP contribution in [0.15, 0.2) is 24.3 Å². The monoisotopic (exact) mass is 290 g/mol. The van der Waals surface area contributed by atoms with Gasteiger partial charge < -0.3 is 15.3 Å². The number of aromatic hydroxyl groups is 2. The van der Waals surface area contributed by atoms with Crippen LogP contribution in [0.1, 0.15) is 31.2 Å². The topological polar surface area (TPSA) is 94.8 Å². The Labute approximate surface area is 122 Å². The Bertz CT molecular complexity index is 576. The maximum absolute atomic E-state index is 12.1.